The van der Waals surface area contributed by atoms with Crippen LogP contribution >= 0.6 is 0 Å². The van der Waals surface area contributed by atoms with Gasteiger partial charge in [0, 0.05) is 17.0 Å². The van der Waals surface area contributed by atoms with Crippen molar-refractivity contribution in [1.29, 1.82) is 0 Å². The zero-order valence-corrected chi connectivity index (χ0v) is 14.1. The molecule has 2 N–H and O–H groups in total. The Morgan fingerprint density at radius 1 is 1.24 bits per heavy atom. The number of carbonyl (C=O) groups is 3. The van der Waals surface area contributed by atoms with E-state index in [1.54, 1.807) is 26.8 Å². The molecular formula is C17H19FN2O5. The summed E-state index contributed by atoms with van der Waals surface area (Å²) >= 11 is 0. The zero-order valence-electron chi connectivity index (χ0n) is 14.1. The molecule has 0 bridgehead atoms. The number of ether oxygens (including phenoxy) is 1. The third-order valence-corrected chi connectivity index (χ3v) is 3.33. The number of para-hydroxylation sites is 1. The predicted molar refractivity (Wildman–Crippen MR) is 87.5 cm³/mol. The minimum absolute atomic E-state index is 0.0400. The van der Waals surface area contributed by atoms with Crippen molar-refractivity contribution in [3.63, 3.8) is 0 Å². The minimum atomic E-state index is -0.880. The van der Waals surface area contributed by atoms with Crippen LogP contribution < -0.4 is 10.6 Å². The molecule has 2 amide bonds. The fraction of sp³-hybridized carbons (Fsp3) is 0.353. The van der Waals surface area contributed by atoms with Gasteiger partial charge < -0.3 is 19.8 Å². The summed E-state index contributed by atoms with van der Waals surface area (Å²) in [5.74, 6) is -2.61. The fourth-order valence-corrected chi connectivity index (χ4v) is 2.20. The summed E-state index contributed by atoms with van der Waals surface area (Å²) < 4.78 is 23.8. The highest BCUT2D eigenvalue weighted by atomic mass is 19.1. The zero-order chi connectivity index (χ0) is 18.6. The number of rotatable bonds is 6. The average molecular weight is 350 g/mol. The third-order valence-electron chi connectivity index (χ3n) is 3.33. The molecule has 0 aliphatic heterocycles. The lowest BCUT2D eigenvalue weighted by molar-refractivity contribution is -0.128. The lowest BCUT2D eigenvalue weighted by Crippen LogP contribution is -2.41. The normalized spacial score (nSPS) is 10.8. The van der Waals surface area contributed by atoms with Crippen molar-refractivity contribution in [2.24, 2.45) is 0 Å². The Kier molecular flexibility index (Phi) is 5.74. The lowest BCUT2D eigenvalue weighted by Gasteiger charge is -2.09. The molecule has 2 aromatic rings. The maximum Gasteiger partial charge on any atom is 0.375 e. The van der Waals surface area contributed by atoms with Crippen LogP contribution in [0.2, 0.25) is 0 Å². The number of esters is 1. The quantitative estimate of drug-likeness (QED) is 0.773. The van der Waals surface area contributed by atoms with Crippen LogP contribution in [0.1, 0.15) is 30.0 Å². The van der Waals surface area contributed by atoms with Crippen LogP contribution in [-0.2, 0) is 14.3 Å². The van der Waals surface area contributed by atoms with Crippen molar-refractivity contribution in [2.45, 2.75) is 26.8 Å². The van der Waals surface area contributed by atoms with Crippen molar-refractivity contribution in [2.75, 3.05) is 13.2 Å². The van der Waals surface area contributed by atoms with Crippen molar-refractivity contribution >= 4 is 28.8 Å². The average Bonchev–Trinajstić information content (AvgIpc) is 2.89. The van der Waals surface area contributed by atoms with Gasteiger partial charge in [-0.05, 0) is 26.8 Å². The first kappa shape index (κ1) is 18.4. The van der Waals surface area contributed by atoms with E-state index in [0.717, 1.165) is 0 Å². The van der Waals surface area contributed by atoms with Crippen LogP contribution in [0, 0.1) is 12.7 Å². The highest BCUT2D eigenvalue weighted by Gasteiger charge is 2.21. The van der Waals surface area contributed by atoms with E-state index in [2.05, 4.69) is 10.6 Å². The highest BCUT2D eigenvalue weighted by molar-refractivity contribution is 5.97. The summed E-state index contributed by atoms with van der Waals surface area (Å²) in [4.78, 5) is 35.1. The molecule has 0 spiro atoms. The second-order valence-electron chi connectivity index (χ2n) is 5.75. The molecule has 0 unspecified atom stereocenters. The van der Waals surface area contributed by atoms with Gasteiger partial charge in [0.15, 0.2) is 18.0 Å². The molecule has 0 saturated heterocycles. The largest absolute Gasteiger partial charge is 0.450 e. The third kappa shape index (κ3) is 4.56. The molecule has 0 saturated carbocycles. The molecular weight excluding hydrogens is 331 g/mol. The number of hydrogen-bond donors (Lipinski definition) is 2. The fourth-order valence-electron chi connectivity index (χ4n) is 2.20. The van der Waals surface area contributed by atoms with Crippen LogP contribution in [0.4, 0.5) is 4.39 Å². The second kappa shape index (κ2) is 7.78. The summed E-state index contributed by atoms with van der Waals surface area (Å²) in [6.07, 6.45) is 0. The number of hydrogen-bond acceptors (Lipinski definition) is 5. The monoisotopic (exact) mass is 350 g/mol. The van der Waals surface area contributed by atoms with E-state index >= 15 is 0 Å². The number of fused-ring (bicyclic) bond motifs is 1. The Labute approximate surface area is 143 Å². The van der Waals surface area contributed by atoms with Gasteiger partial charge in [0.05, 0.1) is 6.54 Å². The maximum atomic E-state index is 13.7. The molecule has 0 aliphatic rings. The summed E-state index contributed by atoms with van der Waals surface area (Å²) in [7, 11) is 0. The standard InChI is InChI=1S/C17H19FN2O5/c1-9(2)20-13(21)7-19-14(22)8-24-17(23)15-10(3)11-5-4-6-12(18)16(11)25-15/h4-6,9H,7-8H2,1-3H3,(H,19,22)(H,20,21). The number of nitrogens with one attached hydrogen (secondary N) is 2. The summed E-state index contributed by atoms with van der Waals surface area (Å²) in [5.41, 5.74) is 0.387. The van der Waals surface area contributed by atoms with Crippen molar-refractivity contribution in [1.82, 2.24) is 10.6 Å². The molecule has 1 aromatic heterocycles. The number of amides is 2. The molecule has 25 heavy (non-hydrogen) atoms. The van der Waals surface area contributed by atoms with Crippen molar-refractivity contribution in [3.8, 4) is 0 Å². The molecule has 0 atom stereocenters. The molecule has 1 heterocycles. The Morgan fingerprint density at radius 2 is 1.96 bits per heavy atom. The van der Waals surface area contributed by atoms with Crippen molar-refractivity contribution in [3.05, 3.63) is 35.3 Å². The van der Waals surface area contributed by atoms with Gasteiger partial charge in [-0.1, -0.05) is 12.1 Å². The lowest BCUT2D eigenvalue weighted by atomic mass is 10.1. The van der Waals surface area contributed by atoms with E-state index in [1.807, 2.05) is 0 Å². The summed E-state index contributed by atoms with van der Waals surface area (Å²) in [6, 6.07) is 4.30. The molecule has 1 aromatic carbocycles. The van der Waals surface area contributed by atoms with Gasteiger partial charge in [0.25, 0.3) is 5.91 Å². The Bertz CT molecular complexity index is 813. The van der Waals surface area contributed by atoms with Crippen molar-refractivity contribution < 1.29 is 27.9 Å². The second-order valence-corrected chi connectivity index (χ2v) is 5.75. The van der Waals surface area contributed by atoms with Gasteiger partial charge in [-0.3, -0.25) is 9.59 Å². The molecule has 0 aliphatic carbocycles. The van der Waals surface area contributed by atoms with E-state index < -0.39 is 24.3 Å². The maximum absolute atomic E-state index is 13.7. The summed E-state index contributed by atoms with van der Waals surface area (Å²) in [5, 5.41) is 5.39. The van der Waals surface area contributed by atoms with Gasteiger partial charge in [-0.15, -0.1) is 0 Å². The van der Waals surface area contributed by atoms with E-state index in [1.165, 1.54) is 12.1 Å². The number of furan rings is 1. The molecule has 2 rings (SSSR count). The van der Waals surface area contributed by atoms with E-state index in [-0.39, 0.29) is 29.8 Å². The van der Waals surface area contributed by atoms with Gasteiger partial charge >= 0.3 is 5.97 Å². The molecule has 7 nitrogen and oxygen atoms in total. The Morgan fingerprint density at radius 3 is 2.60 bits per heavy atom. The SMILES string of the molecule is Cc1c(C(=O)OCC(=O)NCC(=O)NC(C)C)oc2c(F)cccc12. The topological polar surface area (TPSA) is 97.6 Å². The van der Waals surface area contributed by atoms with Crippen LogP contribution in [0.15, 0.2) is 22.6 Å². The molecule has 134 valence electrons. The Hall–Kier alpha value is -2.90. The first-order chi connectivity index (χ1) is 11.8. The van der Waals surface area contributed by atoms with Crippen LogP contribution in [0.5, 0.6) is 0 Å². The number of carbonyl (C=O) groups excluding carboxylic acids is 3. The van der Waals surface area contributed by atoms with Gasteiger partial charge in [-0.25, -0.2) is 9.18 Å². The van der Waals surface area contributed by atoms with E-state index in [9.17, 15) is 18.8 Å². The first-order valence-electron chi connectivity index (χ1n) is 7.70. The Balaban J connectivity index is 1.92. The first-order valence-corrected chi connectivity index (χ1v) is 7.70. The molecule has 0 radical (unpaired) electrons. The van der Waals surface area contributed by atoms with E-state index in [4.69, 9.17) is 9.15 Å². The van der Waals surface area contributed by atoms with Crippen LogP contribution in [-0.4, -0.2) is 37.0 Å². The van der Waals surface area contributed by atoms with Crippen LogP contribution in [0.3, 0.4) is 0 Å². The minimum Gasteiger partial charge on any atom is -0.450 e. The smallest absolute Gasteiger partial charge is 0.375 e. The number of benzene rings is 1. The van der Waals surface area contributed by atoms with Crippen LogP contribution in [0.25, 0.3) is 11.0 Å². The van der Waals surface area contributed by atoms with Gasteiger partial charge in [-0.2, -0.15) is 0 Å². The van der Waals surface area contributed by atoms with E-state index in [0.29, 0.717) is 10.9 Å². The predicted octanol–water partition coefficient (Wildman–Crippen LogP) is 1.68. The number of aryl methyl sites for hydroxylation is 1. The van der Waals surface area contributed by atoms with Gasteiger partial charge in [0.1, 0.15) is 0 Å². The van der Waals surface area contributed by atoms with Gasteiger partial charge in [0.2, 0.25) is 11.7 Å². The molecule has 8 heteroatoms. The highest BCUT2D eigenvalue weighted by Crippen LogP contribution is 2.27. The summed E-state index contributed by atoms with van der Waals surface area (Å²) in [6.45, 7) is 4.38. The molecule has 0 fully saturated rings. The number of halogens is 1.